The average Bonchev–Trinajstić information content (AvgIpc) is 3.28. The molecule has 0 spiro atoms. The molecule has 2 N–H and O–H groups in total. The van der Waals surface area contributed by atoms with Crippen LogP contribution in [-0.2, 0) is 4.74 Å². The first-order chi connectivity index (χ1) is 14.2. The van der Waals surface area contributed by atoms with Crippen molar-refractivity contribution in [3.05, 3.63) is 53.9 Å². The van der Waals surface area contributed by atoms with Gasteiger partial charge in [0.05, 0.1) is 35.7 Å². The number of pyridine rings is 1. The zero-order valence-electron chi connectivity index (χ0n) is 16.4. The van der Waals surface area contributed by atoms with Crippen molar-refractivity contribution in [3.63, 3.8) is 0 Å². The summed E-state index contributed by atoms with van der Waals surface area (Å²) in [5.41, 5.74) is 2.47. The van der Waals surface area contributed by atoms with Gasteiger partial charge in [-0.2, -0.15) is 0 Å². The lowest BCUT2D eigenvalue weighted by atomic mass is 10.1. The first-order valence-electron chi connectivity index (χ1n) is 10.2. The summed E-state index contributed by atoms with van der Waals surface area (Å²) in [7, 11) is 0. The number of benzene rings is 1. The van der Waals surface area contributed by atoms with Crippen LogP contribution in [0.5, 0.6) is 0 Å². The van der Waals surface area contributed by atoms with Crippen LogP contribution in [0.2, 0.25) is 0 Å². The number of carbonyl (C=O) groups is 2. The van der Waals surface area contributed by atoms with Gasteiger partial charge in [0.25, 0.3) is 11.8 Å². The van der Waals surface area contributed by atoms with Gasteiger partial charge >= 0.3 is 0 Å². The average molecular weight is 394 g/mol. The number of nitrogens with one attached hydrogen (secondary N) is 2. The van der Waals surface area contributed by atoms with Crippen molar-refractivity contribution in [1.82, 2.24) is 10.3 Å². The zero-order chi connectivity index (χ0) is 20.1. The van der Waals surface area contributed by atoms with Crippen LogP contribution in [0.25, 0.3) is 0 Å². The van der Waals surface area contributed by atoms with Gasteiger partial charge in [0, 0.05) is 31.5 Å². The van der Waals surface area contributed by atoms with E-state index in [9.17, 15) is 9.59 Å². The Hall–Kier alpha value is -2.93. The lowest BCUT2D eigenvalue weighted by Crippen LogP contribution is -2.36. The highest BCUT2D eigenvalue weighted by Crippen LogP contribution is 2.27. The van der Waals surface area contributed by atoms with Gasteiger partial charge in [0.2, 0.25) is 0 Å². The number of morpholine rings is 1. The van der Waals surface area contributed by atoms with Crippen LogP contribution in [0.4, 0.5) is 11.4 Å². The number of ether oxygens (including phenoxy) is 1. The molecule has 29 heavy (non-hydrogen) atoms. The number of anilines is 2. The molecule has 2 heterocycles. The SMILES string of the molecule is O=C(Nc1ccccc1N1CCOCC1)c1cncc(C(=O)NC2CCCC2)c1. The van der Waals surface area contributed by atoms with Crippen molar-refractivity contribution in [3.8, 4) is 0 Å². The summed E-state index contributed by atoms with van der Waals surface area (Å²) in [5, 5.41) is 6.00. The maximum absolute atomic E-state index is 12.8. The fraction of sp³-hybridized carbons (Fsp3) is 0.409. The molecule has 7 nitrogen and oxygen atoms in total. The highest BCUT2D eigenvalue weighted by Gasteiger charge is 2.20. The molecule has 0 bridgehead atoms. The molecule has 7 heteroatoms. The smallest absolute Gasteiger partial charge is 0.257 e. The van der Waals surface area contributed by atoms with Crippen molar-refractivity contribution in [2.45, 2.75) is 31.7 Å². The van der Waals surface area contributed by atoms with E-state index >= 15 is 0 Å². The molecule has 1 saturated heterocycles. The van der Waals surface area contributed by atoms with E-state index in [2.05, 4.69) is 20.5 Å². The summed E-state index contributed by atoms with van der Waals surface area (Å²) in [6.45, 7) is 2.91. The third-order valence-electron chi connectivity index (χ3n) is 5.46. The molecule has 1 aliphatic heterocycles. The fourth-order valence-corrected chi connectivity index (χ4v) is 3.88. The zero-order valence-corrected chi connectivity index (χ0v) is 16.4. The Morgan fingerprint density at radius 3 is 2.45 bits per heavy atom. The van der Waals surface area contributed by atoms with Crippen molar-refractivity contribution < 1.29 is 14.3 Å². The van der Waals surface area contributed by atoms with E-state index in [0.717, 1.165) is 50.1 Å². The van der Waals surface area contributed by atoms with E-state index in [1.807, 2.05) is 24.3 Å². The van der Waals surface area contributed by atoms with E-state index in [0.29, 0.717) is 24.3 Å². The van der Waals surface area contributed by atoms with Crippen molar-refractivity contribution in [1.29, 1.82) is 0 Å². The van der Waals surface area contributed by atoms with Crippen LogP contribution >= 0.6 is 0 Å². The third kappa shape index (κ3) is 4.74. The van der Waals surface area contributed by atoms with Gasteiger partial charge in [-0.3, -0.25) is 14.6 Å². The molecule has 2 aromatic rings. The van der Waals surface area contributed by atoms with Crippen LogP contribution in [0.3, 0.4) is 0 Å². The predicted octanol–water partition coefficient (Wildman–Crippen LogP) is 2.84. The Morgan fingerprint density at radius 1 is 1.00 bits per heavy atom. The molecule has 2 fully saturated rings. The second-order valence-corrected chi connectivity index (χ2v) is 7.49. The monoisotopic (exact) mass is 394 g/mol. The minimum absolute atomic E-state index is 0.173. The second-order valence-electron chi connectivity index (χ2n) is 7.49. The van der Waals surface area contributed by atoms with Crippen LogP contribution in [0.1, 0.15) is 46.4 Å². The van der Waals surface area contributed by atoms with E-state index in [-0.39, 0.29) is 17.9 Å². The molecule has 2 amide bonds. The number of rotatable bonds is 5. The van der Waals surface area contributed by atoms with Gasteiger partial charge < -0.3 is 20.3 Å². The van der Waals surface area contributed by atoms with Crippen molar-refractivity contribution in [2.75, 3.05) is 36.5 Å². The normalized spacial score (nSPS) is 17.2. The van der Waals surface area contributed by atoms with Crippen LogP contribution in [-0.4, -0.2) is 49.1 Å². The molecule has 1 aromatic carbocycles. The van der Waals surface area contributed by atoms with Gasteiger partial charge in [0.1, 0.15) is 0 Å². The Kier molecular flexibility index (Phi) is 6.05. The first kappa shape index (κ1) is 19.4. The Morgan fingerprint density at radius 2 is 1.69 bits per heavy atom. The summed E-state index contributed by atoms with van der Waals surface area (Å²) >= 11 is 0. The van der Waals surface area contributed by atoms with Gasteiger partial charge in [-0.25, -0.2) is 0 Å². The second kappa shape index (κ2) is 9.05. The largest absolute Gasteiger partial charge is 0.378 e. The van der Waals surface area contributed by atoms with E-state index in [1.165, 1.54) is 12.4 Å². The lowest BCUT2D eigenvalue weighted by molar-refractivity contribution is 0.0937. The number of amides is 2. The van der Waals surface area contributed by atoms with Crippen LogP contribution < -0.4 is 15.5 Å². The van der Waals surface area contributed by atoms with Gasteiger partial charge in [-0.1, -0.05) is 25.0 Å². The summed E-state index contributed by atoms with van der Waals surface area (Å²) in [4.78, 5) is 31.6. The van der Waals surface area contributed by atoms with E-state index < -0.39 is 0 Å². The predicted molar refractivity (Wildman–Crippen MR) is 111 cm³/mol. The maximum Gasteiger partial charge on any atom is 0.257 e. The molecule has 1 saturated carbocycles. The maximum atomic E-state index is 12.8. The van der Waals surface area contributed by atoms with Crippen molar-refractivity contribution >= 4 is 23.2 Å². The Bertz CT molecular complexity index is 874. The molecular weight excluding hydrogens is 368 g/mol. The van der Waals surface area contributed by atoms with E-state index in [1.54, 1.807) is 6.07 Å². The molecule has 4 rings (SSSR count). The Balaban J connectivity index is 1.47. The highest BCUT2D eigenvalue weighted by atomic mass is 16.5. The molecule has 0 radical (unpaired) electrons. The minimum atomic E-state index is -0.284. The number of nitrogens with zero attached hydrogens (tertiary/aromatic N) is 2. The number of hydrogen-bond donors (Lipinski definition) is 2. The summed E-state index contributed by atoms with van der Waals surface area (Å²) in [6, 6.07) is 9.54. The standard InChI is InChI=1S/C22H26N4O3/c27-21(24-18-5-1-2-6-18)16-13-17(15-23-14-16)22(28)25-19-7-3-4-8-20(19)26-9-11-29-12-10-26/h3-4,7-8,13-15,18H,1-2,5-6,9-12H2,(H,24,27)(H,25,28). The van der Waals surface area contributed by atoms with Crippen LogP contribution in [0.15, 0.2) is 42.7 Å². The van der Waals surface area contributed by atoms with Crippen LogP contribution in [0, 0.1) is 0 Å². The number of para-hydroxylation sites is 2. The molecule has 0 unspecified atom stereocenters. The van der Waals surface area contributed by atoms with Crippen molar-refractivity contribution in [2.24, 2.45) is 0 Å². The third-order valence-corrected chi connectivity index (χ3v) is 5.46. The summed E-state index contributed by atoms with van der Waals surface area (Å²) < 4.78 is 5.42. The number of carbonyl (C=O) groups excluding carboxylic acids is 2. The molecule has 0 atom stereocenters. The fourth-order valence-electron chi connectivity index (χ4n) is 3.88. The first-order valence-corrected chi connectivity index (χ1v) is 10.2. The molecular formula is C22H26N4O3. The molecule has 1 aliphatic carbocycles. The quantitative estimate of drug-likeness (QED) is 0.815. The van der Waals surface area contributed by atoms with Gasteiger partial charge in [0.15, 0.2) is 0 Å². The summed E-state index contributed by atoms with van der Waals surface area (Å²) in [6.07, 6.45) is 7.31. The molecule has 1 aromatic heterocycles. The lowest BCUT2D eigenvalue weighted by Gasteiger charge is -2.30. The molecule has 2 aliphatic rings. The minimum Gasteiger partial charge on any atom is -0.378 e. The van der Waals surface area contributed by atoms with Gasteiger partial charge in [-0.05, 0) is 31.0 Å². The topological polar surface area (TPSA) is 83.6 Å². The summed E-state index contributed by atoms with van der Waals surface area (Å²) in [5.74, 6) is -0.457. The highest BCUT2D eigenvalue weighted by molar-refractivity contribution is 6.07. The molecule has 152 valence electrons. The Labute approximate surface area is 170 Å². The van der Waals surface area contributed by atoms with E-state index in [4.69, 9.17) is 4.74 Å². The van der Waals surface area contributed by atoms with Gasteiger partial charge in [-0.15, -0.1) is 0 Å². The number of hydrogen-bond acceptors (Lipinski definition) is 5. The number of aromatic nitrogens is 1.